The highest BCUT2D eigenvalue weighted by molar-refractivity contribution is 4.84. The molecule has 1 fully saturated rings. The third-order valence-electron chi connectivity index (χ3n) is 3.64. The fraction of sp³-hybridized carbons (Fsp3) is 1.00. The van der Waals surface area contributed by atoms with Crippen LogP contribution in [0.3, 0.4) is 0 Å². The van der Waals surface area contributed by atoms with Crippen LogP contribution in [-0.4, -0.2) is 37.1 Å². The summed E-state index contributed by atoms with van der Waals surface area (Å²) in [6, 6.07) is 0.776. The maximum atomic E-state index is 3.64. The van der Waals surface area contributed by atoms with E-state index in [1.54, 1.807) is 0 Å². The minimum atomic E-state index is 0.776. The number of rotatable bonds is 6. The van der Waals surface area contributed by atoms with Gasteiger partial charge in [0.1, 0.15) is 0 Å². The molecule has 1 aliphatic rings. The van der Waals surface area contributed by atoms with E-state index >= 15 is 0 Å². The quantitative estimate of drug-likeness (QED) is 0.728. The second kappa shape index (κ2) is 7.24. The Morgan fingerprint density at radius 2 is 2.07 bits per heavy atom. The number of nitrogens with one attached hydrogen (secondary N) is 1. The number of hydrogen-bond acceptors (Lipinski definition) is 2. The van der Waals surface area contributed by atoms with Crippen molar-refractivity contribution in [2.75, 3.05) is 26.2 Å². The van der Waals surface area contributed by atoms with Gasteiger partial charge in [0.2, 0.25) is 0 Å². The Bertz CT molecular complexity index is 159. The molecule has 1 heterocycles. The van der Waals surface area contributed by atoms with Crippen LogP contribution in [0.15, 0.2) is 0 Å². The normalized spacial score (nSPS) is 28.2. The highest BCUT2D eigenvalue weighted by Crippen LogP contribution is 2.20. The van der Waals surface area contributed by atoms with Crippen LogP contribution in [-0.2, 0) is 0 Å². The van der Waals surface area contributed by atoms with Crippen molar-refractivity contribution in [3.05, 3.63) is 0 Å². The molecule has 0 aromatic carbocycles. The van der Waals surface area contributed by atoms with E-state index in [-0.39, 0.29) is 0 Å². The first-order valence-corrected chi connectivity index (χ1v) is 6.77. The molecule has 15 heavy (non-hydrogen) atoms. The van der Waals surface area contributed by atoms with Crippen molar-refractivity contribution in [2.24, 2.45) is 5.92 Å². The monoisotopic (exact) mass is 212 g/mol. The average molecular weight is 212 g/mol. The molecule has 2 unspecified atom stereocenters. The molecule has 1 saturated heterocycles. The minimum Gasteiger partial charge on any atom is -0.314 e. The summed E-state index contributed by atoms with van der Waals surface area (Å²) in [7, 11) is 0. The Balaban J connectivity index is 2.33. The molecule has 0 saturated carbocycles. The maximum absolute atomic E-state index is 3.64. The Labute approximate surface area is 95.4 Å². The Hall–Kier alpha value is -0.0800. The third-order valence-corrected chi connectivity index (χ3v) is 3.64. The van der Waals surface area contributed by atoms with Crippen molar-refractivity contribution in [2.45, 2.75) is 52.5 Å². The molecule has 0 radical (unpaired) electrons. The number of likely N-dealkylation sites (tertiary alicyclic amines) is 1. The first-order chi connectivity index (χ1) is 7.31. The van der Waals surface area contributed by atoms with E-state index in [1.807, 2.05) is 0 Å². The van der Waals surface area contributed by atoms with E-state index in [9.17, 15) is 0 Å². The lowest BCUT2D eigenvalue weighted by Gasteiger charge is -2.38. The minimum absolute atomic E-state index is 0.776. The molecule has 0 aliphatic carbocycles. The summed E-state index contributed by atoms with van der Waals surface area (Å²) >= 11 is 0. The zero-order valence-electron chi connectivity index (χ0n) is 10.8. The van der Waals surface area contributed by atoms with E-state index in [0.717, 1.165) is 18.5 Å². The van der Waals surface area contributed by atoms with Crippen molar-refractivity contribution in [1.29, 1.82) is 0 Å². The Morgan fingerprint density at radius 1 is 1.27 bits per heavy atom. The molecule has 1 rings (SSSR count). The van der Waals surface area contributed by atoms with Crippen LogP contribution in [0.5, 0.6) is 0 Å². The molecule has 1 aliphatic heterocycles. The van der Waals surface area contributed by atoms with Crippen LogP contribution in [0.4, 0.5) is 0 Å². The highest BCUT2D eigenvalue weighted by Gasteiger charge is 2.26. The van der Waals surface area contributed by atoms with Crippen LogP contribution in [0.1, 0.15) is 46.5 Å². The van der Waals surface area contributed by atoms with Crippen LogP contribution in [0.25, 0.3) is 0 Å². The van der Waals surface area contributed by atoms with Gasteiger partial charge in [-0.25, -0.2) is 0 Å². The SMILES string of the molecule is CCCCN1CCC(NCC)C(CC)C1. The van der Waals surface area contributed by atoms with Gasteiger partial charge in [-0.05, 0) is 38.4 Å². The van der Waals surface area contributed by atoms with Crippen LogP contribution < -0.4 is 5.32 Å². The molecule has 2 heteroatoms. The summed E-state index contributed by atoms with van der Waals surface area (Å²) in [5, 5.41) is 3.64. The number of hydrogen-bond donors (Lipinski definition) is 1. The molecule has 0 spiro atoms. The van der Waals surface area contributed by atoms with Crippen LogP contribution >= 0.6 is 0 Å². The summed E-state index contributed by atoms with van der Waals surface area (Å²) in [5.74, 6) is 0.871. The fourth-order valence-corrected chi connectivity index (χ4v) is 2.64. The number of unbranched alkanes of at least 4 members (excludes halogenated alkanes) is 1. The van der Waals surface area contributed by atoms with Gasteiger partial charge >= 0.3 is 0 Å². The van der Waals surface area contributed by atoms with Crippen molar-refractivity contribution < 1.29 is 0 Å². The molecule has 90 valence electrons. The summed E-state index contributed by atoms with van der Waals surface area (Å²) in [6.07, 6.45) is 5.35. The topological polar surface area (TPSA) is 15.3 Å². The molecule has 1 N–H and O–H groups in total. The molecular weight excluding hydrogens is 184 g/mol. The maximum Gasteiger partial charge on any atom is 0.0119 e. The van der Waals surface area contributed by atoms with Gasteiger partial charge in [-0.3, -0.25) is 0 Å². The van der Waals surface area contributed by atoms with Crippen molar-refractivity contribution in [3.8, 4) is 0 Å². The lowest BCUT2D eigenvalue weighted by Crippen LogP contribution is -2.49. The predicted octanol–water partition coefficient (Wildman–Crippen LogP) is 2.50. The van der Waals surface area contributed by atoms with Crippen molar-refractivity contribution in [1.82, 2.24) is 10.2 Å². The largest absolute Gasteiger partial charge is 0.314 e. The Morgan fingerprint density at radius 3 is 2.67 bits per heavy atom. The van der Waals surface area contributed by atoms with E-state index in [2.05, 4.69) is 31.0 Å². The van der Waals surface area contributed by atoms with Gasteiger partial charge in [0.05, 0.1) is 0 Å². The van der Waals surface area contributed by atoms with E-state index in [1.165, 1.54) is 45.3 Å². The second-order valence-corrected chi connectivity index (χ2v) is 4.78. The summed E-state index contributed by atoms with van der Waals surface area (Å²) in [5.41, 5.74) is 0. The van der Waals surface area contributed by atoms with Gasteiger partial charge in [-0.2, -0.15) is 0 Å². The van der Waals surface area contributed by atoms with Gasteiger partial charge in [0.15, 0.2) is 0 Å². The third kappa shape index (κ3) is 4.12. The van der Waals surface area contributed by atoms with Gasteiger partial charge in [-0.1, -0.05) is 33.6 Å². The summed E-state index contributed by atoms with van der Waals surface area (Å²) < 4.78 is 0. The highest BCUT2D eigenvalue weighted by atomic mass is 15.1. The summed E-state index contributed by atoms with van der Waals surface area (Å²) in [6.45, 7) is 11.9. The molecule has 0 amide bonds. The average Bonchev–Trinajstić information content (AvgIpc) is 2.28. The van der Waals surface area contributed by atoms with Crippen LogP contribution in [0, 0.1) is 5.92 Å². The predicted molar refractivity (Wildman–Crippen MR) is 67.2 cm³/mol. The molecule has 0 aromatic heterocycles. The van der Waals surface area contributed by atoms with Crippen molar-refractivity contribution >= 4 is 0 Å². The van der Waals surface area contributed by atoms with Gasteiger partial charge in [-0.15, -0.1) is 0 Å². The molecule has 2 atom stereocenters. The fourth-order valence-electron chi connectivity index (χ4n) is 2.64. The smallest absolute Gasteiger partial charge is 0.0119 e. The first-order valence-electron chi connectivity index (χ1n) is 6.77. The zero-order valence-corrected chi connectivity index (χ0v) is 10.8. The molecule has 0 aromatic rings. The van der Waals surface area contributed by atoms with Crippen LogP contribution in [0.2, 0.25) is 0 Å². The standard InChI is InChI=1S/C13H28N2/c1-4-7-9-15-10-8-13(14-6-3)12(5-2)11-15/h12-14H,4-11H2,1-3H3. The zero-order chi connectivity index (χ0) is 11.1. The second-order valence-electron chi connectivity index (χ2n) is 4.78. The molecule has 2 nitrogen and oxygen atoms in total. The number of nitrogens with zero attached hydrogens (tertiary/aromatic N) is 1. The molecule has 0 bridgehead atoms. The van der Waals surface area contributed by atoms with E-state index in [0.29, 0.717) is 0 Å². The first kappa shape index (κ1) is 13.0. The molecular formula is C13H28N2. The van der Waals surface area contributed by atoms with Gasteiger partial charge in [0.25, 0.3) is 0 Å². The van der Waals surface area contributed by atoms with E-state index in [4.69, 9.17) is 0 Å². The van der Waals surface area contributed by atoms with Crippen molar-refractivity contribution in [3.63, 3.8) is 0 Å². The van der Waals surface area contributed by atoms with Gasteiger partial charge in [0, 0.05) is 12.6 Å². The number of piperidine rings is 1. The summed E-state index contributed by atoms with van der Waals surface area (Å²) in [4.78, 5) is 2.66. The Kier molecular flexibility index (Phi) is 6.26. The van der Waals surface area contributed by atoms with E-state index < -0.39 is 0 Å². The van der Waals surface area contributed by atoms with Gasteiger partial charge < -0.3 is 10.2 Å². The lowest BCUT2D eigenvalue weighted by atomic mass is 9.90. The lowest BCUT2D eigenvalue weighted by molar-refractivity contribution is 0.134.